The second-order valence-corrected chi connectivity index (χ2v) is 6.32. The average Bonchev–Trinajstić information content (AvgIpc) is 2.42. The summed E-state index contributed by atoms with van der Waals surface area (Å²) in [5, 5.41) is 11.7. The number of nitrogens with one attached hydrogen (secondary N) is 1. The minimum atomic E-state index is -1.01. The van der Waals surface area contributed by atoms with Crippen LogP contribution in [0.4, 0.5) is 0 Å². The highest BCUT2D eigenvalue weighted by molar-refractivity contribution is 5.85. The molecular formula is C15H26N2O4. The molecule has 0 aromatic heterocycles. The zero-order valence-electron chi connectivity index (χ0n) is 13.3. The van der Waals surface area contributed by atoms with Gasteiger partial charge in [0.1, 0.15) is 6.04 Å². The van der Waals surface area contributed by atoms with E-state index in [9.17, 15) is 14.4 Å². The molecule has 2 amide bonds. The largest absolute Gasteiger partial charge is 0.480 e. The summed E-state index contributed by atoms with van der Waals surface area (Å²) < 4.78 is 0. The lowest BCUT2D eigenvalue weighted by Crippen LogP contribution is -2.49. The normalized spacial score (nSPS) is 17.9. The maximum Gasteiger partial charge on any atom is 0.326 e. The molecule has 0 spiro atoms. The van der Waals surface area contributed by atoms with Crippen molar-refractivity contribution in [3.05, 3.63) is 0 Å². The summed E-state index contributed by atoms with van der Waals surface area (Å²) >= 11 is 0. The van der Waals surface area contributed by atoms with E-state index in [2.05, 4.69) is 5.32 Å². The van der Waals surface area contributed by atoms with E-state index in [0.29, 0.717) is 25.9 Å². The van der Waals surface area contributed by atoms with E-state index in [0.717, 1.165) is 0 Å². The Balaban J connectivity index is 2.52. The molecular weight excluding hydrogens is 272 g/mol. The number of carbonyl (C=O) groups is 3. The molecule has 0 aliphatic carbocycles. The second-order valence-electron chi connectivity index (χ2n) is 6.32. The third-order valence-electron chi connectivity index (χ3n) is 3.90. The molecule has 0 unspecified atom stereocenters. The third kappa shape index (κ3) is 4.72. The average molecular weight is 298 g/mol. The first-order chi connectivity index (χ1) is 9.73. The van der Waals surface area contributed by atoms with Gasteiger partial charge in [0.05, 0.1) is 0 Å². The molecule has 1 atom stereocenters. The predicted octanol–water partition coefficient (Wildman–Crippen LogP) is 1.11. The third-order valence-corrected chi connectivity index (χ3v) is 3.90. The van der Waals surface area contributed by atoms with Gasteiger partial charge in [-0.2, -0.15) is 0 Å². The van der Waals surface area contributed by atoms with Gasteiger partial charge in [-0.15, -0.1) is 0 Å². The van der Waals surface area contributed by atoms with Crippen LogP contribution in [0.2, 0.25) is 0 Å². The van der Waals surface area contributed by atoms with Crippen LogP contribution in [-0.4, -0.2) is 46.9 Å². The zero-order valence-corrected chi connectivity index (χ0v) is 13.3. The molecule has 1 saturated heterocycles. The molecule has 2 N–H and O–H groups in total. The first kappa shape index (κ1) is 17.5. The van der Waals surface area contributed by atoms with E-state index in [1.165, 1.54) is 0 Å². The lowest BCUT2D eigenvalue weighted by Gasteiger charge is -2.33. The van der Waals surface area contributed by atoms with Gasteiger partial charge in [0.15, 0.2) is 0 Å². The van der Waals surface area contributed by atoms with Crippen molar-refractivity contribution in [3.8, 4) is 0 Å². The number of carboxylic acids is 1. The van der Waals surface area contributed by atoms with Crippen molar-refractivity contribution < 1.29 is 19.5 Å². The van der Waals surface area contributed by atoms with Gasteiger partial charge in [-0.05, 0) is 18.8 Å². The lowest BCUT2D eigenvalue weighted by molar-refractivity contribution is -0.144. The molecule has 0 saturated carbocycles. The number of hydrogen-bond donors (Lipinski definition) is 2. The van der Waals surface area contributed by atoms with E-state index in [4.69, 9.17) is 5.11 Å². The summed E-state index contributed by atoms with van der Waals surface area (Å²) in [4.78, 5) is 36.9. The Kier molecular flexibility index (Phi) is 6.18. The van der Waals surface area contributed by atoms with Crippen molar-refractivity contribution in [3.63, 3.8) is 0 Å². The number of likely N-dealkylation sites (tertiary alicyclic amines) is 1. The minimum absolute atomic E-state index is 0.0345. The number of aliphatic carboxylic acids is 1. The van der Waals surface area contributed by atoms with Crippen LogP contribution in [0.1, 0.15) is 40.5 Å². The van der Waals surface area contributed by atoms with Gasteiger partial charge in [-0.25, -0.2) is 4.79 Å². The van der Waals surface area contributed by atoms with Gasteiger partial charge in [0.25, 0.3) is 0 Å². The summed E-state index contributed by atoms with van der Waals surface area (Å²) in [6, 6.07) is -0.854. The number of nitrogens with zero attached hydrogens (tertiary/aromatic N) is 1. The first-order valence-corrected chi connectivity index (χ1v) is 7.56. The van der Waals surface area contributed by atoms with Crippen LogP contribution in [0.5, 0.6) is 0 Å². The molecule has 6 nitrogen and oxygen atoms in total. The number of carboxylic acid groups (broad SMARTS) is 1. The Morgan fingerprint density at radius 3 is 2.00 bits per heavy atom. The highest BCUT2D eigenvalue weighted by Gasteiger charge is 2.31. The molecule has 0 radical (unpaired) electrons. The van der Waals surface area contributed by atoms with Crippen LogP contribution in [-0.2, 0) is 14.4 Å². The van der Waals surface area contributed by atoms with Crippen molar-refractivity contribution in [2.45, 2.75) is 46.6 Å². The van der Waals surface area contributed by atoms with Crippen molar-refractivity contribution in [1.29, 1.82) is 0 Å². The van der Waals surface area contributed by atoms with Crippen molar-refractivity contribution in [1.82, 2.24) is 10.2 Å². The van der Waals surface area contributed by atoms with Gasteiger partial charge in [0, 0.05) is 24.9 Å². The highest BCUT2D eigenvalue weighted by Crippen LogP contribution is 2.19. The number of amides is 2. The summed E-state index contributed by atoms with van der Waals surface area (Å²) in [6.45, 7) is 8.39. The van der Waals surface area contributed by atoms with Crippen LogP contribution in [0.15, 0.2) is 0 Å². The minimum Gasteiger partial charge on any atom is -0.480 e. The van der Waals surface area contributed by atoms with E-state index in [1.54, 1.807) is 18.7 Å². The topological polar surface area (TPSA) is 86.7 Å². The molecule has 0 aromatic carbocycles. The first-order valence-electron chi connectivity index (χ1n) is 7.56. The fourth-order valence-electron chi connectivity index (χ4n) is 2.51. The molecule has 120 valence electrons. The molecule has 1 aliphatic heterocycles. The molecule has 1 rings (SSSR count). The Hall–Kier alpha value is -1.59. The Morgan fingerprint density at radius 2 is 1.62 bits per heavy atom. The maximum absolute atomic E-state index is 12.1. The van der Waals surface area contributed by atoms with E-state index < -0.39 is 12.0 Å². The van der Waals surface area contributed by atoms with Crippen LogP contribution >= 0.6 is 0 Å². The SMILES string of the molecule is CC(C)C(=O)N1CCC(C(=O)N[C@@H](C(=O)O)C(C)C)CC1. The second kappa shape index (κ2) is 7.43. The number of rotatable bonds is 5. The monoisotopic (exact) mass is 298 g/mol. The van der Waals surface area contributed by atoms with Crippen molar-refractivity contribution in [2.75, 3.05) is 13.1 Å². The van der Waals surface area contributed by atoms with Gasteiger partial charge in [-0.3, -0.25) is 9.59 Å². The van der Waals surface area contributed by atoms with Crippen molar-refractivity contribution >= 4 is 17.8 Å². The Morgan fingerprint density at radius 1 is 1.10 bits per heavy atom. The summed E-state index contributed by atoms with van der Waals surface area (Å²) in [6.07, 6.45) is 1.18. The number of hydrogen-bond acceptors (Lipinski definition) is 3. The fourth-order valence-corrected chi connectivity index (χ4v) is 2.51. The van der Waals surface area contributed by atoms with E-state index in [-0.39, 0.29) is 29.6 Å². The summed E-state index contributed by atoms with van der Waals surface area (Å²) in [7, 11) is 0. The number of carbonyl (C=O) groups excluding carboxylic acids is 2. The van der Waals surface area contributed by atoms with Crippen LogP contribution in [0.3, 0.4) is 0 Å². The predicted molar refractivity (Wildman–Crippen MR) is 78.5 cm³/mol. The molecule has 1 aliphatic rings. The summed E-state index contributed by atoms with van der Waals surface area (Å²) in [5.41, 5.74) is 0. The van der Waals surface area contributed by atoms with Crippen LogP contribution < -0.4 is 5.32 Å². The molecule has 0 aromatic rings. The smallest absolute Gasteiger partial charge is 0.326 e. The van der Waals surface area contributed by atoms with E-state index in [1.807, 2.05) is 13.8 Å². The van der Waals surface area contributed by atoms with Crippen LogP contribution in [0, 0.1) is 17.8 Å². The fraction of sp³-hybridized carbons (Fsp3) is 0.800. The Bertz CT molecular complexity index is 398. The maximum atomic E-state index is 12.1. The van der Waals surface area contributed by atoms with E-state index >= 15 is 0 Å². The molecule has 1 fully saturated rings. The van der Waals surface area contributed by atoms with Gasteiger partial charge < -0.3 is 15.3 Å². The standard InChI is InChI=1S/C15H26N2O4/c1-9(2)12(15(20)21)16-13(18)11-5-7-17(8-6-11)14(19)10(3)4/h9-12H,5-8H2,1-4H3,(H,16,18)(H,20,21)/t12-/m1/s1. The number of piperidine rings is 1. The molecule has 0 bridgehead atoms. The van der Waals surface area contributed by atoms with Gasteiger partial charge in [0.2, 0.25) is 11.8 Å². The Labute approximate surface area is 125 Å². The van der Waals surface area contributed by atoms with Gasteiger partial charge in [-0.1, -0.05) is 27.7 Å². The zero-order chi connectivity index (χ0) is 16.2. The quantitative estimate of drug-likeness (QED) is 0.796. The lowest BCUT2D eigenvalue weighted by atomic mass is 9.94. The molecule has 1 heterocycles. The summed E-state index contributed by atoms with van der Waals surface area (Å²) in [5.74, 6) is -1.51. The van der Waals surface area contributed by atoms with Crippen LogP contribution in [0.25, 0.3) is 0 Å². The molecule has 21 heavy (non-hydrogen) atoms. The van der Waals surface area contributed by atoms with Gasteiger partial charge >= 0.3 is 5.97 Å². The molecule has 6 heteroatoms. The highest BCUT2D eigenvalue weighted by atomic mass is 16.4. The van der Waals surface area contributed by atoms with Crippen molar-refractivity contribution in [2.24, 2.45) is 17.8 Å².